The highest BCUT2D eigenvalue weighted by atomic mass is 15.2. The Kier molecular flexibility index (Phi) is 5.24. The first-order valence-electron chi connectivity index (χ1n) is 10.3. The second kappa shape index (κ2) is 7.58. The predicted molar refractivity (Wildman–Crippen MR) is 101 cm³/mol. The van der Waals surface area contributed by atoms with E-state index in [1.54, 1.807) is 6.42 Å². The van der Waals surface area contributed by atoms with Gasteiger partial charge in [-0.1, -0.05) is 43.2 Å². The van der Waals surface area contributed by atoms with Crippen LogP contribution < -0.4 is 5.32 Å². The summed E-state index contributed by atoms with van der Waals surface area (Å²) in [7, 11) is 0. The van der Waals surface area contributed by atoms with Gasteiger partial charge in [0.1, 0.15) is 0 Å². The van der Waals surface area contributed by atoms with Gasteiger partial charge in [0.05, 0.1) is 0 Å². The fraction of sp³-hybridized carbons (Fsp3) is 0.727. The average Bonchev–Trinajstić information content (AvgIpc) is 2.63. The molecule has 1 unspecified atom stereocenters. The summed E-state index contributed by atoms with van der Waals surface area (Å²) in [5, 5.41) is 3.66. The van der Waals surface area contributed by atoms with Crippen LogP contribution in [0.15, 0.2) is 30.3 Å². The molecule has 1 N–H and O–H groups in total. The molecule has 1 saturated heterocycles. The molecule has 4 aliphatic rings. The second-order valence-corrected chi connectivity index (χ2v) is 8.65. The minimum Gasteiger partial charge on any atom is -0.315 e. The van der Waals surface area contributed by atoms with Gasteiger partial charge in [-0.2, -0.15) is 0 Å². The zero-order valence-electron chi connectivity index (χ0n) is 15.2. The number of fused-ring (bicyclic) bond motifs is 2. The summed E-state index contributed by atoms with van der Waals surface area (Å²) < 4.78 is 0. The maximum atomic E-state index is 3.66. The molecule has 1 atom stereocenters. The molecule has 0 amide bonds. The molecule has 2 bridgehead atoms. The third kappa shape index (κ3) is 3.70. The quantitative estimate of drug-likeness (QED) is 0.791. The Morgan fingerprint density at radius 1 is 1.04 bits per heavy atom. The van der Waals surface area contributed by atoms with Crippen LogP contribution >= 0.6 is 0 Å². The van der Waals surface area contributed by atoms with E-state index >= 15 is 0 Å². The van der Waals surface area contributed by atoms with Crippen molar-refractivity contribution in [2.75, 3.05) is 32.7 Å². The topological polar surface area (TPSA) is 15.3 Å². The van der Waals surface area contributed by atoms with Crippen molar-refractivity contribution in [2.24, 2.45) is 17.3 Å². The Hall–Kier alpha value is -0.860. The third-order valence-corrected chi connectivity index (χ3v) is 7.13. The van der Waals surface area contributed by atoms with Crippen molar-refractivity contribution in [1.82, 2.24) is 10.2 Å². The molecule has 3 aliphatic carbocycles. The smallest absolute Gasteiger partial charge is 0.0107 e. The predicted octanol–water partition coefficient (Wildman–Crippen LogP) is 4.11. The number of piperidine rings is 1. The number of nitrogens with zero attached hydrogens (tertiary/aromatic N) is 1. The number of benzene rings is 1. The van der Waals surface area contributed by atoms with Crippen LogP contribution in [-0.2, 0) is 6.42 Å². The van der Waals surface area contributed by atoms with Crippen molar-refractivity contribution in [3.8, 4) is 0 Å². The molecule has 0 radical (unpaired) electrons. The van der Waals surface area contributed by atoms with Crippen molar-refractivity contribution in [2.45, 2.75) is 51.4 Å². The van der Waals surface area contributed by atoms with E-state index < -0.39 is 0 Å². The van der Waals surface area contributed by atoms with E-state index in [0.717, 1.165) is 31.3 Å². The summed E-state index contributed by atoms with van der Waals surface area (Å²) >= 11 is 0. The SMILES string of the molecule is c1ccc(CCNCCN2CCCC3(CC4CCC3CC4)C2)cc1. The molecule has 5 rings (SSSR count). The minimum atomic E-state index is 0.712. The van der Waals surface area contributed by atoms with Crippen LogP contribution in [0.5, 0.6) is 0 Å². The lowest BCUT2D eigenvalue weighted by Gasteiger charge is -2.56. The van der Waals surface area contributed by atoms with Crippen LogP contribution in [-0.4, -0.2) is 37.6 Å². The van der Waals surface area contributed by atoms with Crippen molar-refractivity contribution in [1.29, 1.82) is 0 Å². The highest BCUT2D eigenvalue weighted by Gasteiger charge is 2.48. The van der Waals surface area contributed by atoms with E-state index in [1.807, 2.05) is 0 Å². The lowest BCUT2D eigenvalue weighted by Crippen LogP contribution is -2.53. The van der Waals surface area contributed by atoms with Crippen LogP contribution in [0.4, 0.5) is 0 Å². The van der Waals surface area contributed by atoms with Crippen LogP contribution in [0.1, 0.15) is 50.5 Å². The van der Waals surface area contributed by atoms with Crippen molar-refractivity contribution < 1.29 is 0 Å². The summed E-state index contributed by atoms with van der Waals surface area (Å²) in [6.07, 6.45) is 11.8. The van der Waals surface area contributed by atoms with Gasteiger partial charge in [-0.15, -0.1) is 0 Å². The van der Waals surface area contributed by atoms with Gasteiger partial charge in [0, 0.05) is 19.6 Å². The molecular formula is C22H34N2. The number of likely N-dealkylation sites (tertiary alicyclic amines) is 1. The summed E-state index contributed by atoms with van der Waals surface area (Å²) in [5.41, 5.74) is 2.16. The highest BCUT2D eigenvalue weighted by Crippen LogP contribution is 2.56. The Morgan fingerprint density at radius 2 is 1.88 bits per heavy atom. The fourth-order valence-corrected chi connectivity index (χ4v) is 5.91. The van der Waals surface area contributed by atoms with Gasteiger partial charge < -0.3 is 10.2 Å². The Balaban J connectivity index is 1.20. The molecule has 24 heavy (non-hydrogen) atoms. The molecule has 2 heteroatoms. The first kappa shape index (κ1) is 16.6. The van der Waals surface area contributed by atoms with Gasteiger partial charge in [0.25, 0.3) is 0 Å². The Morgan fingerprint density at radius 3 is 2.62 bits per heavy atom. The standard InChI is InChI=1S/C22H34N2/c1-2-5-19(6-3-1)11-13-23-14-16-24-15-4-12-22(18-24)17-20-7-9-21(22)10-8-20/h1-3,5-6,20-21,23H,4,7-18H2. The number of hydrogen-bond acceptors (Lipinski definition) is 2. The molecule has 2 nitrogen and oxygen atoms in total. The van der Waals surface area contributed by atoms with Gasteiger partial charge >= 0.3 is 0 Å². The van der Waals surface area contributed by atoms with Crippen molar-refractivity contribution in [3.63, 3.8) is 0 Å². The molecule has 1 aliphatic heterocycles. The molecule has 4 fully saturated rings. The molecule has 1 spiro atoms. The zero-order chi connectivity index (χ0) is 16.2. The molecule has 1 aromatic rings. The summed E-state index contributed by atoms with van der Waals surface area (Å²) in [6, 6.07) is 10.8. The van der Waals surface area contributed by atoms with E-state index in [0.29, 0.717) is 5.41 Å². The second-order valence-electron chi connectivity index (χ2n) is 8.65. The van der Waals surface area contributed by atoms with Crippen LogP contribution in [0.25, 0.3) is 0 Å². The molecule has 132 valence electrons. The van der Waals surface area contributed by atoms with E-state index in [1.165, 1.54) is 63.7 Å². The van der Waals surface area contributed by atoms with Crippen LogP contribution in [0.3, 0.4) is 0 Å². The lowest BCUT2D eigenvalue weighted by molar-refractivity contribution is -0.0534. The molecule has 3 saturated carbocycles. The summed E-state index contributed by atoms with van der Waals surface area (Å²) in [6.45, 7) is 6.23. The minimum absolute atomic E-state index is 0.712. The van der Waals surface area contributed by atoms with Crippen LogP contribution in [0, 0.1) is 17.3 Å². The highest BCUT2D eigenvalue weighted by molar-refractivity contribution is 5.14. The summed E-state index contributed by atoms with van der Waals surface area (Å²) in [5.74, 6) is 2.12. The molecule has 0 aromatic heterocycles. The van der Waals surface area contributed by atoms with Crippen LogP contribution in [0.2, 0.25) is 0 Å². The average molecular weight is 327 g/mol. The van der Waals surface area contributed by atoms with Gasteiger partial charge in [-0.3, -0.25) is 0 Å². The van der Waals surface area contributed by atoms with E-state index in [-0.39, 0.29) is 0 Å². The Bertz CT molecular complexity index is 506. The largest absolute Gasteiger partial charge is 0.315 e. The Labute approximate surface area is 148 Å². The van der Waals surface area contributed by atoms with E-state index in [2.05, 4.69) is 40.5 Å². The van der Waals surface area contributed by atoms with E-state index in [4.69, 9.17) is 0 Å². The van der Waals surface area contributed by atoms with Gasteiger partial charge in [-0.25, -0.2) is 0 Å². The first-order valence-corrected chi connectivity index (χ1v) is 10.3. The van der Waals surface area contributed by atoms with Crippen molar-refractivity contribution in [3.05, 3.63) is 35.9 Å². The van der Waals surface area contributed by atoms with Crippen molar-refractivity contribution >= 4 is 0 Å². The number of hydrogen-bond donors (Lipinski definition) is 1. The monoisotopic (exact) mass is 326 g/mol. The van der Waals surface area contributed by atoms with E-state index in [9.17, 15) is 0 Å². The van der Waals surface area contributed by atoms with Gasteiger partial charge in [0.15, 0.2) is 0 Å². The first-order chi connectivity index (χ1) is 11.8. The lowest BCUT2D eigenvalue weighted by atomic mass is 9.53. The molecular weight excluding hydrogens is 292 g/mol. The fourth-order valence-electron chi connectivity index (χ4n) is 5.91. The maximum Gasteiger partial charge on any atom is 0.0107 e. The van der Waals surface area contributed by atoms with Gasteiger partial charge in [0.2, 0.25) is 0 Å². The maximum absolute atomic E-state index is 3.66. The zero-order valence-corrected chi connectivity index (χ0v) is 15.2. The summed E-state index contributed by atoms with van der Waals surface area (Å²) in [4.78, 5) is 2.78. The number of rotatable bonds is 6. The van der Waals surface area contributed by atoms with Gasteiger partial charge in [-0.05, 0) is 74.4 Å². The number of nitrogens with one attached hydrogen (secondary N) is 1. The third-order valence-electron chi connectivity index (χ3n) is 7.13. The molecule has 1 heterocycles. The molecule has 1 aromatic carbocycles. The normalized spacial score (nSPS) is 33.2.